The lowest BCUT2D eigenvalue weighted by atomic mass is 10.2. The fourth-order valence-corrected chi connectivity index (χ4v) is 1.50. The van der Waals surface area contributed by atoms with Crippen LogP contribution in [-0.4, -0.2) is 34.1 Å². The van der Waals surface area contributed by atoms with E-state index in [2.05, 4.69) is 20.0 Å². The molecule has 0 radical (unpaired) electrons. The zero-order valence-corrected chi connectivity index (χ0v) is 8.42. The van der Waals surface area contributed by atoms with E-state index in [0.717, 1.165) is 0 Å². The van der Waals surface area contributed by atoms with Crippen LogP contribution in [0.15, 0.2) is 20.0 Å². The largest absolute Gasteiger partial charge is 0.256 e. The number of hydrogen-bond donors (Lipinski definition) is 0. The Morgan fingerprint density at radius 1 is 1.15 bits per heavy atom. The first-order valence-corrected chi connectivity index (χ1v) is 4.49. The minimum absolute atomic E-state index is 0.333. The molecule has 2 heterocycles. The lowest BCUT2D eigenvalue weighted by Crippen LogP contribution is -2.37. The van der Waals surface area contributed by atoms with Crippen molar-refractivity contribution in [2.45, 2.75) is 9.83 Å². The summed E-state index contributed by atoms with van der Waals surface area (Å²) in [6.45, 7) is 0. The first-order valence-electron chi connectivity index (χ1n) is 3.36. The van der Waals surface area contributed by atoms with Gasteiger partial charge in [0.2, 0.25) is 3.79 Å². The van der Waals surface area contributed by atoms with Gasteiger partial charge in [0.05, 0.1) is 0 Å². The van der Waals surface area contributed by atoms with Crippen LogP contribution in [0.25, 0.3) is 0 Å². The van der Waals surface area contributed by atoms with Crippen molar-refractivity contribution in [3.8, 4) is 0 Å². The zero-order valence-electron chi connectivity index (χ0n) is 6.15. The second-order valence-corrected chi connectivity index (χ2v) is 4.69. The van der Waals surface area contributed by atoms with Gasteiger partial charge in [0, 0.05) is 0 Å². The molecule has 2 rings (SSSR count). The molecule has 7 heteroatoms. The van der Waals surface area contributed by atoms with E-state index in [1.54, 1.807) is 0 Å². The van der Waals surface area contributed by atoms with Crippen LogP contribution in [0.3, 0.4) is 0 Å². The van der Waals surface area contributed by atoms with Crippen LogP contribution in [0.2, 0.25) is 0 Å². The molecule has 0 spiro atoms. The minimum atomic E-state index is -1.56. The lowest BCUT2D eigenvalue weighted by molar-refractivity contribution is 1.11. The molecular formula is C6H3Cl3N4. The molecule has 2 aliphatic heterocycles. The van der Waals surface area contributed by atoms with Crippen LogP contribution in [0, 0.1) is 0 Å². The molecule has 1 unspecified atom stereocenters. The molecule has 2 aliphatic rings. The number of nitrogens with zero attached hydrogens (tertiary/aromatic N) is 4. The summed E-state index contributed by atoms with van der Waals surface area (Å²) >= 11 is 17.1. The van der Waals surface area contributed by atoms with Gasteiger partial charge >= 0.3 is 0 Å². The highest BCUT2D eigenvalue weighted by molar-refractivity contribution is 6.78. The second kappa shape index (κ2) is 3.04. The molecule has 0 bridgehead atoms. The van der Waals surface area contributed by atoms with Gasteiger partial charge in [0.15, 0.2) is 11.9 Å². The highest BCUT2D eigenvalue weighted by Crippen LogP contribution is 2.32. The summed E-state index contributed by atoms with van der Waals surface area (Å²) in [6, 6.07) is -0.433. The quantitative estimate of drug-likeness (QED) is 0.575. The van der Waals surface area contributed by atoms with Crippen molar-refractivity contribution in [3.05, 3.63) is 0 Å². The monoisotopic (exact) mass is 236 g/mol. The van der Waals surface area contributed by atoms with Gasteiger partial charge in [0.1, 0.15) is 18.4 Å². The van der Waals surface area contributed by atoms with Gasteiger partial charge in [-0.15, -0.1) is 0 Å². The van der Waals surface area contributed by atoms with E-state index < -0.39 is 9.83 Å². The van der Waals surface area contributed by atoms with Crippen molar-refractivity contribution >= 4 is 59.0 Å². The van der Waals surface area contributed by atoms with Gasteiger partial charge in [-0.25, -0.2) is 15.0 Å². The first kappa shape index (κ1) is 9.12. The molecule has 0 N–H and O–H groups in total. The lowest BCUT2D eigenvalue weighted by Gasteiger charge is -2.19. The average Bonchev–Trinajstić information content (AvgIpc) is 2.48. The van der Waals surface area contributed by atoms with E-state index in [-0.39, 0.29) is 0 Å². The van der Waals surface area contributed by atoms with Gasteiger partial charge in [-0.3, -0.25) is 4.99 Å². The number of halogens is 3. The summed E-state index contributed by atoms with van der Waals surface area (Å²) in [6.07, 6.45) is 2.69. The normalized spacial score (nSPS) is 25.6. The third-order valence-corrected chi connectivity index (χ3v) is 2.17. The predicted molar refractivity (Wildman–Crippen MR) is 55.9 cm³/mol. The third kappa shape index (κ3) is 1.61. The number of alkyl halides is 3. The minimum Gasteiger partial charge on any atom is -0.256 e. The molecule has 0 saturated carbocycles. The summed E-state index contributed by atoms with van der Waals surface area (Å²) in [4.78, 5) is 15.6. The standard InChI is InChI=1S/C6H3Cl3N4/c7-6(8,9)4-3-5(12-1-10-3)13-2-11-4/h1-3H. The molecule has 0 aliphatic carbocycles. The molecule has 0 aromatic carbocycles. The van der Waals surface area contributed by atoms with Crippen LogP contribution in [0.1, 0.15) is 0 Å². The predicted octanol–water partition coefficient (Wildman–Crippen LogP) is 1.65. The fourth-order valence-electron chi connectivity index (χ4n) is 1.04. The Morgan fingerprint density at radius 2 is 1.92 bits per heavy atom. The SMILES string of the molecule is ClC(Cl)(Cl)C1=NC=NC2=NC=NC21. The number of fused-ring (bicyclic) bond motifs is 1. The molecule has 0 saturated heterocycles. The van der Waals surface area contributed by atoms with E-state index in [1.807, 2.05) is 0 Å². The maximum atomic E-state index is 5.69. The molecule has 0 amide bonds. The van der Waals surface area contributed by atoms with E-state index >= 15 is 0 Å². The van der Waals surface area contributed by atoms with Crippen molar-refractivity contribution in [2.75, 3.05) is 0 Å². The van der Waals surface area contributed by atoms with Crippen LogP contribution >= 0.6 is 34.8 Å². The molecule has 4 nitrogen and oxygen atoms in total. The van der Waals surface area contributed by atoms with E-state index in [1.165, 1.54) is 12.7 Å². The topological polar surface area (TPSA) is 49.4 Å². The average molecular weight is 237 g/mol. The van der Waals surface area contributed by atoms with Gasteiger partial charge in [-0.1, -0.05) is 34.8 Å². The van der Waals surface area contributed by atoms with Crippen molar-refractivity contribution in [2.24, 2.45) is 20.0 Å². The van der Waals surface area contributed by atoms with Crippen molar-refractivity contribution in [1.29, 1.82) is 0 Å². The first-order chi connectivity index (χ1) is 6.09. The van der Waals surface area contributed by atoms with Crippen molar-refractivity contribution < 1.29 is 0 Å². The Labute approximate surface area is 89.0 Å². The second-order valence-electron chi connectivity index (χ2n) is 2.41. The molecule has 68 valence electrons. The maximum Gasteiger partial charge on any atom is 0.231 e. The smallest absolute Gasteiger partial charge is 0.231 e. The number of rotatable bonds is 0. The van der Waals surface area contributed by atoms with Crippen LogP contribution < -0.4 is 0 Å². The highest BCUT2D eigenvalue weighted by atomic mass is 35.6. The van der Waals surface area contributed by atoms with Gasteiger partial charge in [0.25, 0.3) is 0 Å². The number of hydrogen-bond acceptors (Lipinski definition) is 4. The Bertz CT molecular complexity index is 349. The molecule has 1 atom stereocenters. The molecule has 13 heavy (non-hydrogen) atoms. The van der Waals surface area contributed by atoms with Gasteiger partial charge in [-0.05, 0) is 0 Å². The van der Waals surface area contributed by atoms with E-state index in [9.17, 15) is 0 Å². The van der Waals surface area contributed by atoms with Gasteiger partial charge < -0.3 is 0 Å². The molecule has 0 aromatic heterocycles. The summed E-state index contributed by atoms with van der Waals surface area (Å²) in [5, 5.41) is 0. The number of amidine groups is 1. The third-order valence-electron chi connectivity index (χ3n) is 1.59. The highest BCUT2D eigenvalue weighted by Gasteiger charge is 2.39. The Hall–Kier alpha value is -0.450. The van der Waals surface area contributed by atoms with E-state index in [4.69, 9.17) is 34.8 Å². The zero-order chi connectivity index (χ0) is 9.47. The Balaban J connectivity index is 2.39. The fraction of sp³-hybridized carbons (Fsp3) is 0.333. The van der Waals surface area contributed by atoms with Crippen molar-refractivity contribution in [1.82, 2.24) is 0 Å². The molecule has 0 fully saturated rings. The van der Waals surface area contributed by atoms with E-state index in [0.29, 0.717) is 11.5 Å². The van der Waals surface area contributed by atoms with Crippen LogP contribution in [0.4, 0.5) is 0 Å². The van der Waals surface area contributed by atoms with Gasteiger partial charge in [-0.2, -0.15) is 0 Å². The van der Waals surface area contributed by atoms with Crippen molar-refractivity contribution in [3.63, 3.8) is 0 Å². The summed E-state index contributed by atoms with van der Waals surface area (Å²) in [7, 11) is 0. The Kier molecular flexibility index (Phi) is 2.14. The van der Waals surface area contributed by atoms with Crippen LogP contribution in [-0.2, 0) is 0 Å². The number of aliphatic imine (C=N–C) groups is 4. The summed E-state index contributed by atoms with van der Waals surface area (Å²) in [5.41, 5.74) is 0.333. The summed E-state index contributed by atoms with van der Waals surface area (Å²) < 4.78 is -1.56. The maximum absolute atomic E-state index is 5.69. The summed E-state index contributed by atoms with van der Waals surface area (Å²) in [5.74, 6) is 0.510. The Morgan fingerprint density at radius 3 is 2.62 bits per heavy atom. The van der Waals surface area contributed by atoms with Crippen LogP contribution in [0.5, 0.6) is 0 Å². The molecular weight excluding hydrogens is 234 g/mol. The molecule has 0 aromatic rings.